The number of nitrogens with zero attached hydrogens (tertiary/aromatic N) is 1. The highest BCUT2D eigenvalue weighted by atomic mass is 14.7. The smallest absolute Gasteiger partial charge is 0.0788 e. The summed E-state index contributed by atoms with van der Waals surface area (Å²) in [6, 6.07) is 27.6. The molecule has 24 heavy (non-hydrogen) atoms. The summed E-state index contributed by atoms with van der Waals surface area (Å²) < 4.78 is 0. The van der Waals surface area contributed by atoms with Crippen molar-refractivity contribution in [1.29, 1.82) is 0 Å². The molecule has 0 unspecified atom stereocenters. The Morgan fingerprint density at radius 2 is 1.29 bits per heavy atom. The van der Waals surface area contributed by atoms with Crippen molar-refractivity contribution in [2.75, 3.05) is 0 Å². The minimum absolute atomic E-state index is 1.04. The van der Waals surface area contributed by atoms with Gasteiger partial charge in [-0.15, -0.1) is 0 Å². The lowest BCUT2D eigenvalue weighted by molar-refractivity contribution is 1.35. The molecule has 1 nitrogen and oxygen atoms in total. The second-order valence-corrected chi connectivity index (χ2v) is 6.27. The highest BCUT2D eigenvalue weighted by Crippen LogP contribution is 2.34. The van der Waals surface area contributed by atoms with Gasteiger partial charge in [-0.1, -0.05) is 66.7 Å². The van der Waals surface area contributed by atoms with Crippen LogP contribution in [0.25, 0.3) is 33.3 Å². The molecule has 0 aliphatic carbocycles. The van der Waals surface area contributed by atoms with Crippen molar-refractivity contribution in [2.45, 2.75) is 13.8 Å². The molecule has 1 heterocycles. The van der Waals surface area contributed by atoms with Crippen LogP contribution < -0.4 is 0 Å². The fraction of sp³-hybridized carbons (Fsp3) is 0.0870. The van der Waals surface area contributed by atoms with Crippen molar-refractivity contribution >= 4 is 10.9 Å². The fourth-order valence-corrected chi connectivity index (χ4v) is 3.28. The molecule has 0 aliphatic heterocycles. The van der Waals surface area contributed by atoms with Gasteiger partial charge in [0, 0.05) is 16.5 Å². The van der Waals surface area contributed by atoms with Gasteiger partial charge < -0.3 is 0 Å². The number of hydrogen-bond donors (Lipinski definition) is 0. The average molecular weight is 309 g/mol. The molecule has 0 amide bonds. The minimum atomic E-state index is 1.04. The van der Waals surface area contributed by atoms with E-state index in [1.165, 1.54) is 27.6 Å². The second kappa shape index (κ2) is 5.93. The summed E-state index contributed by atoms with van der Waals surface area (Å²) in [6.45, 7) is 4.29. The van der Waals surface area contributed by atoms with Crippen LogP contribution in [-0.2, 0) is 0 Å². The Labute approximate surface area is 142 Å². The molecular formula is C23H19N. The van der Waals surface area contributed by atoms with Gasteiger partial charge in [0.2, 0.25) is 0 Å². The molecule has 1 aromatic heterocycles. The average Bonchev–Trinajstić information content (AvgIpc) is 2.62. The summed E-state index contributed by atoms with van der Waals surface area (Å²) in [6.07, 6.45) is 0. The monoisotopic (exact) mass is 309 g/mol. The van der Waals surface area contributed by atoms with E-state index in [0.29, 0.717) is 0 Å². The lowest BCUT2D eigenvalue weighted by Gasteiger charge is -2.13. The maximum atomic E-state index is 5.04. The highest BCUT2D eigenvalue weighted by Gasteiger charge is 2.12. The van der Waals surface area contributed by atoms with E-state index in [9.17, 15) is 0 Å². The molecule has 1 heteroatoms. The third-order valence-electron chi connectivity index (χ3n) is 4.42. The molecular weight excluding hydrogens is 290 g/mol. The number of hydrogen-bond acceptors (Lipinski definition) is 1. The zero-order chi connectivity index (χ0) is 16.5. The van der Waals surface area contributed by atoms with E-state index in [2.05, 4.69) is 86.6 Å². The molecule has 0 bridgehead atoms. The van der Waals surface area contributed by atoms with Crippen LogP contribution in [0.1, 0.15) is 11.1 Å². The van der Waals surface area contributed by atoms with Crippen molar-refractivity contribution in [2.24, 2.45) is 0 Å². The number of aromatic nitrogens is 1. The number of fused-ring (bicyclic) bond motifs is 1. The molecule has 0 radical (unpaired) electrons. The van der Waals surface area contributed by atoms with Gasteiger partial charge in [-0.05, 0) is 42.7 Å². The van der Waals surface area contributed by atoms with Gasteiger partial charge in [0.05, 0.1) is 11.2 Å². The van der Waals surface area contributed by atoms with Crippen LogP contribution in [0.4, 0.5) is 0 Å². The maximum absolute atomic E-state index is 5.04. The molecule has 0 saturated carbocycles. The SMILES string of the molecule is Cc1cc(C)c2cc(-c3ccccc3)c(-c3ccccc3)nc2c1. The van der Waals surface area contributed by atoms with Gasteiger partial charge in [-0.2, -0.15) is 0 Å². The zero-order valence-corrected chi connectivity index (χ0v) is 14.0. The summed E-state index contributed by atoms with van der Waals surface area (Å²) in [5.74, 6) is 0. The standard InChI is InChI=1S/C23H19N/c1-16-13-17(2)20-15-21(18-9-5-3-6-10-18)23(24-22(20)14-16)19-11-7-4-8-12-19/h3-15H,1-2H3. The van der Waals surface area contributed by atoms with Gasteiger partial charge in [-0.3, -0.25) is 0 Å². The fourth-order valence-electron chi connectivity index (χ4n) is 3.28. The van der Waals surface area contributed by atoms with Crippen LogP contribution in [0.3, 0.4) is 0 Å². The molecule has 0 saturated heterocycles. The number of aryl methyl sites for hydroxylation is 2. The van der Waals surface area contributed by atoms with Crippen molar-refractivity contribution in [1.82, 2.24) is 4.98 Å². The summed E-state index contributed by atoms with van der Waals surface area (Å²) in [4.78, 5) is 5.04. The first-order chi connectivity index (χ1) is 11.7. The quantitative estimate of drug-likeness (QED) is 0.430. The number of pyridine rings is 1. The molecule has 4 rings (SSSR count). The topological polar surface area (TPSA) is 12.9 Å². The minimum Gasteiger partial charge on any atom is -0.247 e. The van der Waals surface area contributed by atoms with Crippen LogP contribution in [0, 0.1) is 13.8 Å². The third-order valence-corrected chi connectivity index (χ3v) is 4.42. The van der Waals surface area contributed by atoms with Gasteiger partial charge in [0.1, 0.15) is 0 Å². The summed E-state index contributed by atoms with van der Waals surface area (Å²) in [5, 5.41) is 1.22. The van der Waals surface area contributed by atoms with Gasteiger partial charge in [0.15, 0.2) is 0 Å². The zero-order valence-electron chi connectivity index (χ0n) is 14.0. The van der Waals surface area contributed by atoms with E-state index in [4.69, 9.17) is 4.98 Å². The predicted molar refractivity (Wildman–Crippen MR) is 102 cm³/mol. The van der Waals surface area contributed by atoms with Crippen LogP contribution in [-0.4, -0.2) is 4.98 Å². The molecule has 0 aliphatic rings. The lowest BCUT2D eigenvalue weighted by atomic mass is 9.95. The first-order valence-electron chi connectivity index (χ1n) is 8.25. The molecule has 0 atom stereocenters. The van der Waals surface area contributed by atoms with E-state index < -0.39 is 0 Å². The van der Waals surface area contributed by atoms with E-state index in [0.717, 1.165) is 16.8 Å². The molecule has 0 N–H and O–H groups in total. The molecule has 0 fully saturated rings. The van der Waals surface area contributed by atoms with E-state index in [-0.39, 0.29) is 0 Å². The van der Waals surface area contributed by atoms with Crippen molar-refractivity contribution < 1.29 is 0 Å². The largest absolute Gasteiger partial charge is 0.247 e. The lowest BCUT2D eigenvalue weighted by Crippen LogP contribution is -1.93. The summed E-state index contributed by atoms with van der Waals surface area (Å²) >= 11 is 0. The molecule has 0 spiro atoms. The Balaban J connectivity index is 2.08. The van der Waals surface area contributed by atoms with Gasteiger partial charge in [-0.25, -0.2) is 4.98 Å². The van der Waals surface area contributed by atoms with Crippen molar-refractivity contribution in [3.05, 3.63) is 90.0 Å². The van der Waals surface area contributed by atoms with Gasteiger partial charge >= 0.3 is 0 Å². The van der Waals surface area contributed by atoms with Crippen molar-refractivity contribution in [3.8, 4) is 22.4 Å². The Bertz CT molecular complexity index is 1000. The Kier molecular flexibility index (Phi) is 3.62. The first kappa shape index (κ1) is 14.6. The Morgan fingerprint density at radius 1 is 0.667 bits per heavy atom. The Hall–Kier alpha value is -2.93. The molecule has 3 aromatic carbocycles. The highest BCUT2D eigenvalue weighted by molar-refractivity contribution is 5.93. The van der Waals surface area contributed by atoms with E-state index in [1.807, 2.05) is 6.07 Å². The number of benzene rings is 3. The normalized spacial score (nSPS) is 10.9. The van der Waals surface area contributed by atoms with E-state index in [1.54, 1.807) is 0 Å². The number of rotatable bonds is 2. The Morgan fingerprint density at radius 3 is 1.96 bits per heavy atom. The predicted octanol–water partition coefficient (Wildman–Crippen LogP) is 6.19. The van der Waals surface area contributed by atoms with Crippen LogP contribution >= 0.6 is 0 Å². The van der Waals surface area contributed by atoms with Crippen molar-refractivity contribution in [3.63, 3.8) is 0 Å². The van der Waals surface area contributed by atoms with E-state index >= 15 is 0 Å². The summed E-state index contributed by atoms with van der Waals surface area (Å²) in [5.41, 5.74) is 8.16. The molecule has 4 aromatic rings. The van der Waals surface area contributed by atoms with Crippen LogP contribution in [0.5, 0.6) is 0 Å². The van der Waals surface area contributed by atoms with Gasteiger partial charge in [0.25, 0.3) is 0 Å². The first-order valence-corrected chi connectivity index (χ1v) is 8.25. The second-order valence-electron chi connectivity index (χ2n) is 6.27. The van der Waals surface area contributed by atoms with Crippen LogP contribution in [0.15, 0.2) is 78.9 Å². The third kappa shape index (κ3) is 2.59. The maximum Gasteiger partial charge on any atom is 0.0788 e. The molecule has 116 valence electrons. The summed E-state index contributed by atoms with van der Waals surface area (Å²) in [7, 11) is 0. The van der Waals surface area contributed by atoms with Crippen LogP contribution in [0.2, 0.25) is 0 Å².